The highest BCUT2D eigenvalue weighted by atomic mass is 35.5. The lowest BCUT2D eigenvalue weighted by Gasteiger charge is -2.15. The molecule has 0 saturated carbocycles. The summed E-state index contributed by atoms with van der Waals surface area (Å²) in [5.41, 5.74) is 3.12. The van der Waals surface area contributed by atoms with Gasteiger partial charge in [-0.05, 0) is 71.3 Å². The molecule has 0 aliphatic heterocycles. The summed E-state index contributed by atoms with van der Waals surface area (Å²) in [4.78, 5) is 13.3. The van der Waals surface area contributed by atoms with E-state index in [0.29, 0.717) is 21.5 Å². The Kier molecular flexibility index (Phi) is 8.59. The number of hydrogen-bond donors (Lipinski definition) is 2. The zero-order valence-electron chi connectivity index (χ0n) is 21.6. The summed E-state index contributed by atoms with van der Waals surface area (Å²) in [6.45, 7) is 0.232. The van der Waals surface area contributed by atoms with E-state index in [9.17, 15) is 13.2 Å². The molecular weight excluding hydrogens is 579 g/mol. The first-order chi connectivity index (χ1) is 19.8. The first kappa shape index (κ1) is 28.2. The predicted molar refractivity (Wildman–Crippen MR) is 163 cm³/mol. The Labute approximate surface area is 248 Å². The number of carbonyl (C=O) groups is 1. The van der Waals surface area contributed by atoms with E-state index in [1.165, 1.54) is 42.5 Å². The Hall–Kier alpha value is -4.30. The van der Waals surface area contributed by atoms with Gasteiger partial charge in [-0.15, -0.1) is 0 Å². The number of nitrogens with one attached hydrogen (secondary N) is 2. The molecular formula is C32H24Cl2N2O4S. The van der Waals surface area contributed by atoms with Crippen LogP contribution in [0.4, 0.5) is 5.69 Å². The molecule has 0 bridgehead atoms. The Morgan fingerprint density at radius 1 is 0.756 bits per heavy atom. The van der Waals surface area contributed by atoms with Crippen molar-refractivity contribution in [2.75, 3.05) is 4.72 Å². The lowest BCUT2D eigenvalue weighted by Crippen LogP contribution is -2.25. The van der Waals surface area contributed by atoms with Crippen LogP contribution in [-0.2, 0) is 16.6 Å². The van der Waals surface area contributed by atoms with Crippen LogP contribution in [0.1, 0.15) is 15.9 Å². The standard InChI is InChI=1S/C32H24Cl2N2O4S/c33-24-14-19-30(36-41(38,39)26-17-15-25(16-18-26)40-31-13-7-6-12-29(31)34)28(20-24)32(37)35-21-23-10-4-5-11-27(23)22-8-2-1-3-9-22/h1-20,36H,21H2,(H,35,37). The SMILES string of the molecule is O=C(NCc1ccccc1-c1ccccc1)c1cc(Cl)ccc1NS(=O)(=O)c1ccc(Oc2ccccc2Cl)cc1. The predicted octanol–water partition coefficient (Wildman–Crippen LogP) is 8.18. The molecule has 41 heavy (non-hydrogen) atoms. The summed E-state index contributed by atoms with van der Waals surface area (Å²) >= 11 is 12.3. The maximum absolute atomic E-state index is 13.3. The first-order valence-electron chi connectivity index (χ1n) is 12.6. The molecule has 0 atom stereocenters. The van der Waals surface area contributed by atoms with Gasteiger partial charge in [-0.3, -0.25) is 9.52 Å². The number of anilines is 1. The third-order valence-electron chi connectivity index (χ3n) is 6.21. The molecule has 0 saturated heterocycles. The molecule has 9 heteroatoms. The van der Waals surface area contributed by atoms with Crippen LogP contribution in [0.2, 0.25) is 10.0 Å². The molecule has 0 aliphatic carbocycles. The summed E-state index contributed by atoms with van der Waals surface area (Å²) in [6, 6.07) is 34.8. The van der Waals surface area contributed by atoms with Gasteiger partial charge in [0.2, 0.25) is 0 Å². The van der Waals surface area contributed by atoms with Crippen LogP contribution >= 0.6 is 23.2 Å². The summed E-state index contributed by atoms with van der Waals surface area (Å²) in [6.07, 6.45) is 0. The smallest absolute Gasteiger partial charge is 0.261 e. The Bertz CT molecular complexity index is 1800. The van der Waals surface area contributed by atoms with E-state index in [-0.39, 0.29) is 22.7 Å². The van der Waals surface area contributed by atoms with Crippen molar-refractivity contribution in [2.45, 2.75) is 11.4 Å². The third kappa shape index (κ3) is 6.89. The zero-order valence-corrected chi connectivity index (χ0v) is 23.9. The lowest BCUT2D eigenvalue weighted by atomic mass is 9.99. The molecule has 0 heterocycles. The van der Waals surface area contributed by atoms with E-state index in [1.807, 2.05) is 54.6 Å². The summed E-state index contributed by atoms with van der Waals surface area (Å²) < 4.78 is 34.7. The zero-order chi connectivity index (χ0) is 28.8. The van der Waals surface area contributed by atoms with Crippen LogP contribution < -0.4 is 14.8 Å². The van der Waals surface area contributed by atoms with Gasteiger partial charge in [-0.1, -0.05) is 89.9 Å². The quantitative estimate of drug-likeness (QED) is 0.178. The lowest BCUT2D eigenvalue weighted by molar-refractivity contribution is 0.0952. The number of benzene rings is 5. The van der Waals surface area contributed by atoms with Crippen molar-refractivity contribution in [2.24, 2.45) is 0 Å². The van der Waals surface area contributed by atoms with Gasteiger partial charge in [0.05, 0.1) is 21.2 Å². The number of sulfonamides is 1. The van der Waals surface area contributed by atoms with Gasteiger partial charge in [0.25, 0.3) is 15.9 Å². The fraction of sp³-hybridized carbons (Fsp3) is 0.0312. The normalized spacial score (nSPS) is 11.1. The summed E-state index contributed by atoms with van der Waals surface area (Å²) in [5, 5.41) is 3.62. The number of ether oxygens (including phenoxy) is 1. The van der Waals surface area contributed by atoms with Crippen LogP contribution in [0.15, 0.2) is 126 Å². The number of para-hydroxylation sites is 1. The largest absolute Gasteiger partial charge is 0.456 e. The van der Waals surface area contributed by atoms with Crippen molar-refractivity contribution in [1.29, 1.82) is 0 Å². The van der Waals surface area contributed by atoms with Gasteiger partial charge in [-0.2, -0.15) is 0 Å². The molecule has 0 radical (unpaired) electrons. The minimum Gasteiger partial charge on any atom is -0.456 e. The number of hydrogen-bond acceptors (Lipinski definition) is 4. The highest BCUT2D eigenvalue weighted by Crippen LogP contribution is 2.30. The minimum absolute atomic E-state index is 0.0119. The molecule has 6 nitrogen and oxygen atoms in total. The molecule has 0 aromatic heterocycles. The van der Waals surface area contributed by atoms with Gasteiger partial charge < -0.3 is 10.1 Å². The third-order valence-corrected chi connectivity index (χ3v) is 8.14. The average molecular weight is 604 g/mol. The molecule has 5 aromatic carbocycles. The van der Waals surface area contributed by atoms with Crippen LogP contribution in [0.3, 0.4) is 0 Å². The van der Waals surface area contributed by atoms with Crippen LogP contribution in [0.5, 0.6) is 11.5 Å². The molecule has 206 valence electrons. The Morgan fingerprint density at radius 2 is 1.44 bits per heavy atom. The van der Waals surface area contributed by atoms with Crippen LogP contribution in [0.25, 0.3) is 11.1 Å². The van der Waals surface area contributed by atoms with Crippen molar-refractivity contribution >= 4 is 44.8 Å². The second-order valence-corrected chi connectivity index (χ2v) is 11.5. The number of carbonyl (C=O) groups excluding carboxylic acids is 1. The molecule has 0 unspecified atom stereocenters. The first-order valence-corrected chi connectivity index (χ1v) is 14.8. The molecule has 1 amide bonds. The molecule has 0 aliphatic rings. The molecule has 5 rings (SSSR count). The van der Waals surface area contributed by atoms with Crippen molar-refractivity contribution < 1.29 is 17.9 Å². The van der Waals surface area contributed by atoms with Crippen LogP contribution in [-0.4, -0.2) is 14.3 Å². The second-order valence-electron chi connectivity index (χ2n) is 9.01. The van der Waals surface area contributed by atoms with Crippen molar-refractivity contribution in [3.05, 3.63) is 142 Å². The highest BCUT2D eigenvalue weighted by Gasteiger charge is 2.20. The van der Waals surface area contributed by atoms with Gasteiger partial charge in [0.15, 0.2) is 0 Å². The number of halogens is 2. The number of rotatable bonds is 9. The van der Waals surface area contributed by atoms with Gasteiger partial charge in [0, 0.05) is 11.6 Å². The van der Waals surface area contributed by atoms with E-state index in [1.54, 1.807) is 24.3 Å². The van der Waals surface area contributed by atoms with Crippen molar-refractivity contribution in [1.82, 2.24) is 5.32 Å². The second kappa shape index (κ2) is 12.5. The topological polar surface area (TPSA) is 84.5 Å². The van der Waals surface area contributed by atoms with E-state index in [0.717, 1.165) is 16.7 Å². The van der Waals surface area contributed by atoms with E-state index >= 15 is 0 Å². The van der Waals surface area contributed by atoms with Gasteiger partial charge >= 0.3 is 0 Å². The van der Waals surface area contributed by atoms with E-state index in [2.05, 4.69) is 10.0 Å². The molecule has 0 fully saturated rings. The van der Waals surface area contributed by atoms with Crippen molar-refractivity contribution in [3.63, 3.8) is 0 Å². The summed E-state index contributed by atoms with van der Waals surface area (Å²) in [7, 11) is -4.04. The molecule has 5 aromatic rings. The van der Waals surface area contributed by atoms with Gasteiger partial charge in [-0.25, -0.2) is 8.42 Å². The molecule has 2 N–H and O–H groups in total. The average Bonchev–Trinajstić information content (AvgIpc) is 2.99. The maximum Gasteiger partial charge on any atom is 0.261 e. The van der Waals surface area contributed by atoms with Crippen LogP contribution in [0, 0.1) is 0 Å². The maximum atomic E-state index is 13.3. The Balaban J connectivity index is 1.33. The Morgan fingerprint density at radius 3 is 2.20 bits per heavy atom. The number of amides is 1. The molecule has 0 spiro atoms. The monoisotopic (exact) mass is 602 g/mol. The van der Waals surface area contributed by atoms with Crippen molar-refractivity contribution in [3.8, 4) is 22.6 Å². The fourth-order valence-corrected chi connectivity index (χ4v) is 5.61. The van der Waals surface area contributed by atoms with Gasteiger partial charge in [0.1, 0.15) is 11.5 Å². The van der Waals surface area contributed by atoms with E-state index in [4.69, 9.17) is 27.9 Å². The summed E-state index contributed by atoms with van der Waals surface area (Å²) in [5.74, 6) is 0.391. The van der Waals surface area contributed by atoms with E-state index < -0.39 is 15.9 Å². The minimum atomic E-state index is -4.04. The highest BCUT2D eigenvalue weighted by molar-refractivity contribution is 7.92. The fourth-order valence-electron chi connectivity index (χ4n) is 4.18.